The number of nitrogens with one attached hydrogen (secondary N) is 1. The molecule has 1 aliphatic rings. The fourth-order valence-corrected chi connectivity index (χ4v) is 4.14. The first-order chi connectivity index (χ1) is 9.22. The summed E-state index contributed by atoms with van der Waals surface area (Å²) in [6.07, 6.45) is 5.52. The highest BCUT2D eigenvalue weighted by Gasteiger charge is 2.37. The monoisotopic (exact) mass is 305 g/mol. The molecule has 0 unspecified atom stereocenters. The molecule has 0 aromatic heterocycles. The summed E-state index contributed by atoms with van der Waals surface area (Å²) in [6, 6.07) is 0. The maximum absolute atomic E-state index is 12.3. The van der Waals surface area contributed by atoms with Crippen LogP contribution in [0.4, 0.5) is 0 Å². The molecule has 0 aromatic carbocycles. The molecule has 1 rings (SSSR count). The molecule has 0 radical (unpaired) electrons. The smallest absolute Gasteiger partial charge is 0.155 e. The summed E-state index contributed by atoms with van der Waals surface area (Å²) in [7, 11) is -1.31. The molecular weight excluding hydrogens is 274 g/mol. The zero-order valence-electron chi connectivity index (χ0n) is 13.5. The second-order valence-electron chi connectivity index (χ2n) is 7.06. The van der Waals surface area contributed by atoms with Crippen LogP contribution in [0.2, 0.25) is 0 Å². The molecule has 0 spiro atoms. The van der Waals surface area contributed by atoms with Crippen LogP contribution < -0.4 is 5.32 Å². The third-order valence-electron chi connectivity index (χ3n) is 4.48. The number of hydrogen-bond acceptors (Lipinski definition) is 4. The quantitative estimate of drug-likeness (QED) is 0.700. The topological polar surface area (TPSA) is 55.4 Å². The Kier molecular flexibility index (Phi) is 6.48. The lowest BCUT2D eigenvalue weighted by Crippen LogP contribution is -2.38. The molecule has 0 bridgehead atoms. The molecule has 5 heteroatoms. The maximum atomic E-state index is 12.3. The number of methoxy groups -OCH3 is 1. The van der Waals surface area contributed by atoms with Gasteiger partial charge in [-0.1, -0.05) is 12.8 Å². The summed E-state index contributed by atoms with van der Waals surface area (Å²) >= 11 is 0. The molecule has 0 aromatic rings. The Hall–Kier alpha value is -0.130. The molecule has 0 amide bonds. The fourth-order valence-electron chi connectivity index (χ4n) is 2.83. The second kappa shape index (κ2) is 7.23. The lowest BCUT2D eigenvalue weighted by atomic mass is 9.83. The molecule has 0 atom stereocenters. The SMILES string of the molecule is COCCNCC1(CCS(=O)(=O)C(C)(C)C)CCCC1. The highest BCUT2D eigenvalue weighted by atomic mass is 32.2. The van der Waals surface area contributed by atoms with E-state index in [4.69, 9.17) is 4.74 Å². The Bertz CT molecular complexity index is 378. The summed E-state index contributed by atoms with van der Waals surface area (Å²) in [5.41, 5.74) is 0.173. The van der Waals surface area contributed by atoms with E-state index >= 15 is 0 Å². The minimum absolute atomic E-state index is 0.173. The first-order valence-electron chi connectivity index (χ1n) is 7.64. The third-order valence-corrected chi connectivity index (χ3v) is 7.09. The molecule has 1 aliphatic carbocycles. The summed E-state index contributed by atoms with van der Waals surface area (Å²) in [5.74, 6) is 0.308. The number of rotatable bonds is 8. The molecule has 20 heavy (non-hydrogen) atoms. The molecule has 0 aliphatic heterocycles. The highest BCUT2D eigenvalue weighted by Crippen LogP contribution is 2.41. The van der Waals surface area contributed by atoms with E-state index in [1.54, 1.807) is 27.9 Å². The molecule has 4 nitrogen and oxygen atoms in total. The molecule has 1 N–H and O–H groups in total. The molecule has 1 saturated carbocycles. The Labute approximate surface area is 124 Å². The van der Waals surface area contributed by atoms with Gasteiger partial charge in [0, 0.05) is 20.2 Å². The van der Waals surface area contributed by atoms with Crippen molar-refractivity contribution in [2.75, 3.05) is 32.6 Å². The molecule has 0 saturated heterocycles. The van der Waals surface area contributed by atoms with Crippen molar-refractivity contribution in [3.8, 4) is 0 Å². The van der Waals surface area contributed by atoms with Crippen molar-refractivity contribution in [3.05, 3.63) is 0 Å². The normalized spacial score (nSPS) is 19.4. The zero-order chi connectivity index (χ0) is 15.3. The van der Waals surface area contributed by atoms with Crippen molar-refractivity contribution in [2.45, 2.75) is 57.6 Å². The maximum Gasteiger partial charge on any atom is 0.155 e. The fraction of sp³-hybridized carbons (Fsp3) is 1.00. The second-order valence-corrected chi connectivity index (χ2v) is 9.92. The Morgan fingerprint density at radius 3 is 2.30 bits per heavy atom. The van der Waals surface area contributed by atoms with Crippen LogP contribution in [-0.2, 0) is 14.6 Å². The van der Waals surface area contributed by atoms with E-state index < -0.39 is 14.6 Å². The van der Waals surface area contributed by atoms with Gasteiger partial charge in [0.05, 0.1) is 17.1 Å². The van der Waals surface area contributed by atoms with Gasteiger partial charge in [0.2, 0.25) is 0 Å². The molecule has 1 fully saturated rings. The van der Waals surface area contributed by atoms with Gasteiger partial charge in [0.1, 0.15) is 0 Å². The third kappa shape index (κ3) is 5.01. The molecule has 120 valence electrons. The first kappa shape index (κ1) is 17.9. The van der Waals surface area contributed by atoms with Crippen LogP contribution in [-0.4, -0.2) is 45.7 Å². The van der Waals surface area contributed by atoms with Gasteiger partial charge in [0.25, 0.3) is 0 Å². The number of sulfone groups is 1. The van der Waals surface area contributed by atoms with Crippen LogP contribution in [0, 0.1) is 5.41 Å². The minimum atomic E-state index is -3.01. The Balaban J connectivity index is 2.55. The van der Waals surface area contributed by atoms with Gasteiger partial charge in [-0.25, -0.2) is 8.42 Å². The van der Waals surface area contributed by atoms with Gasteiger partial charge in [-0.3, -0.25) is 0 Å². The molecular formula is C15H31NO3S. The average Bonchev–Trinajstić information content (AvgIpc) is 2.81. The minimum Gasteiger partial charge on any atom is -0.383 e. The van der Waals surface area contributed by atoms with E-state index in [-0.39, 0.29) is 5.41 Å². The van der Waals surface area contributed by atoms with E-state index in [9.17, 15) is 8.42 Å². The summed E-state index contributed by atoms with van der Waals surface area (Å²) in [4.78, 5) is 0. The van der Waals surface area contributed by atoms with Gasteiger partial charge in [-0.05, 0) is 45.4 Å². The lowest BCUT2D eigenvalue weighted by Gasteiger charge is -2.31. The van der Waals surface area contributed by atoms with Crippen LogP contribution in [0.15, 0.2) is 0 Å². The Morgan fingerprint density at radius 2 is 1.80 bits per heavy atom. The van der Waals surface area contributed by atoms with Crippen molar-refractivity contribution < 1.29 is 13.2 Å². The number of hydrogen-bond donors (Lipinski definition) is 1. The van der Waals surface area contributed by atoms with Crippen molar-refractivity contribution in [3.63, 3.8) is 0 Å². The zero-order valence-corrected chi connectivity index (χ0v) is 14.3. The summed E-state index contributed by atoms with van der Waals surface area (Å²) in [5, 5.41) is 3.42. The van der Waals surface area contributed by atoms with E-state index in [1.165, 1.54) is 12.8 Å². The van der Waals surface area contributed by atoms with Gasteiger partial charge in [-0.2, -0.15) is 0 Å². The van der Waals surface area contributed by atoms with Gasteiger partial charge < -0.3 is 10.1 Å². The average molecular weight is 305 g/mol. The predicted octanol–water partition coefficient (Wildman–Crippen LogP) is 2.39. The first-order valence-corrected chi connectivity index (χ1v) is 9.30. The lowest BCUT2D eigenvalue weighted by molar-refractivity contribution is 0.189. The van der Waals surface area contributed by atoms with Crippen molar-refractivity contribution in [2.24, 2.45) is 5.41 Å². The van der Waals surface area contributed by atoms with Gasteiger partial charge >= 0.3 is 0 Å². The summed E-state index contributed by atoms with van der Waals surface area (Å²) in [6.45, 7) is 7.83. The van der Waals surface area contributed by atoms with Crippen molar-refractivity contribution in [1.82, 2.24) is 5.32 Å². The van der Waals surface area contributed by atoms with E-state index in [1.807, 2.05) is 0 Å². The Morgan fingerprint density at radius 1 is 1.20 bits per heavy atom. The van der Waals surface area contributed by atoms with Crippen LogP contribution in [0.3, 0.4) is 0 Å². The van der Waals surface area contributed by atoms with Gasteiger partial charge in [-0.15, -0.1) is 0 Å². The van der Waals surface area contributed by atoms with E-state index in [2.05, 4.69) is 5.32 Å². The standard InChI is InChI=1S/C15H31NO3S/c1-14(2,3)20(17,18)12-9-15(7-5-6-8-15)13-16-10-11-19-4/h16H,5-13H2,1-4H3. The van der Waals surface area contributed by atoms with E-state index in [0.29, 0.717) is 12.4 Å². The van der Waals surface area contributed by atoms with Crippen molar-refractivity contribution >= 4 is 9.84 Å². The van der Waals surface area contributed by atoms with Crippen molar-refractivity contribution in [1.29, 1.82) is 0 Å². The van der Waals surface area contributed by atoms with Crippen LogP contribution in [0.1, 0.15) is 52.9 Å². The highest BCUT2D eigenvalue weighted by molar-refractivity contribution is 7.92. The summed E-state index contributed by atoms with van der Waals surface area (Å²) < 4.78 is 29.0. The van der Waals surface area contributed by atoms with E-state index in [0.717, 1.165) is 32.4 Å². The largest absolute Gasteiger partial charge is 0.383 e. The predicted molar refractivity (Wildman–Crippen MR) is 83.8 cm³/mol. The van der Waals surface area contributed by atoms with Crippen LogP contribution in [0.25, 0.3) is 0 Å². The van der Waals surface area contributed by atoms with Crippen LogP contribution >= 0.6 is 0 Å². The molecule has 0 heterocycles. The van der Waals surface area contributed by atoms with Crippen LogP contribution in [0.5, 0.6) is 0 Å². The van der Waals surface area contributed by atoms with Gasteiger partial charge in [0.15, 0.2) is 9.84 Å². The number of ether oxygens (including phenoxy) is 1.